The van der Waals surface area contributed by atoms with Gasteiger partial charge in [0.1, 0.15) is 18.8 Å². The van der Waals surface area contributed by atoms with Crippen molar-refractivity contribution >= 4 is 5.91 Å². The van der Waals surface area contributed by atoms with Crippen molar-refractivity contribution in [3.05, 3.63) is 34.4 Å². The van der Waals surface area contributed by atoms with Crippen LogP contribution in [0.15, 0.2) is 24.3 Å². The highest BCUT2D eigenvalue weighted by atomic mass is 17.0. The minimum atomic E-state index is -0.787. The molecule has 1 aromatic carbocycles. The van der Waals surface area contributed by atoms with Gasteiger partial charge in [0.2, 0.25) is 5.91 Å². The first-order valence-electron chi connectivity index (χ1n) is 10.9. The second-order valence-electron chi connectivity index (χ2n) is 8.75. The quantitative estimate of drug-likeness (QED) is 0.365. The van der Waals surface area contributed by atoms with Crippen LogP contribution < -0.4 is 14.8 Å². The SMILES string of the molecule is COc1ccccc1OCC(O)CNC(C)(C)CN(C(C)=O)C1CCCCC1O[N+](=O)[O-]. The molecule has 0 saturated heterocycles. The highest BCUT2D eigenvalue weighted by Crippen LogP contribution is 2.28. The number of methoxy groups -OCH3 is 1. The van der Waals surface area contributed by atoms with Gasteiger partial charge in [-0.25, -0.2) is 0 Å². The highest BCUT2D eigenvalue weighted by molar-refractivity contribution is 5.73. The molecule has 1 aromatic rings. The third kappa shape index (κ3) is 7.83. The summed E-state index contributed by atoms with van der Waals surface area (Å²) in [6.45, 7) is 5.94. The number of amides is 1. The molecule has 0 radical (unpaired) electrons. The van der Waals surface area contributed by atoms with E-state index in [0.717, 1.165) is 12.8 Å². The molecule has 32 heavy (non-hydrogen) atoms. The van der Waals surface area contributed by atoms with Crippen LogP contribution in [-0.4, -0.2) is 71.6 Å². The third-order valence-electron chi connectivity index (χ3n) is 5.58. The number of aliphatic hydroxyl groups excluding tert-OH is 1. The molecule has 10 heteroatoms. The van der Waals surface area contributed by atoms with E-state index in [-0.39, 0.29) is 25.1 Å². The van der Waals surface area contributed by atoms with Crippen molar-refractivity contribution in [2.45, 2.75) is 70.2 Å². The first-order valence-corrected chi connectivity index (χ1v) is 10.9. The van der Waals surface area contributed by atoms with E-state index in [9.17, 15) is 20.0 Å². The third-order valence-corrected chi connectivity index (χ3v) is 5.58. The Morgan fingerprint density at radius 2 is 1.97 bits per heavy atom. The van der Waals surface area contributed by atoms with E-state index >= 15 is 0 Å². The summed E-state index contributed by atoms with van der Waals surface area (Å²) in [6.07, 6.45) is 1.51. The fourth-order valence-electron chi connectivity index (χ4n) is 3.99. The molecule has 0 aromatic heterocycles. The number of carbonyl (C=O) groups is 1. The van der Waals surface area contributed by atoms with Crippen LogP contribution in [0.4, 0.5) is 0 Å². The predicted molar refractivity (Wildman–Crippen MR) is 118 cm³/mol. The number of ether oxygens (including phenoxy) is 2. The fraction of sp³-hybridized carbons (Fsp3) is 0.682. The van der Waals surface area contributed by atoms with Crippen molar-refractivity contribution in [1.29, 1.82) is 0 Å². The van der Waals surface area contributed by atoms with Crippen LogP contribution in [0.25, 0.3) is 0 Å². The number of nitrogens with one attached hydrogen (secondary N) is 1. The molecule has 1 saturated carbocycles. The minimum absolute atomic E-state index is 0.0707. The van der Waals surface area contributed by atoms with Gasteiger partial charge < -0.3 is 29.6 Å². The molecule has 1 aliphatic carbocycles. The number of aliphatic hydroxyl groups is 1. The van der Waals surface area contributed by atoms with Crippen LogP contribution in [-0.2, 0) is 9.63 Å². The molecule has 1 amide bonds. The molecule has 3 atom stereocenters. The van der Waals surface area contributed by atoms with Crippen molar-refractivity contribution in [3.63, 3.8) is 0 Å². The second kappa shape index (κ2) is 11.9. The molecule has 0 aliphatic heterocycles. The molecule has 0 bridgehead atoms. The Kier molecular flexibility index (Phi) is 9.52. The maximum Gasteiger partial charge on any atom is 0.294 e. The molecule has 2 N–H and O–H groups in total. The Labute approximate surface area is 188 Å². The summed E-state index contributed by atoms with van der Waals surface area (Å²) in [4.78, 5) is 29.8. The van der Waals surface area contributed by atoms with Crippen molar-refractivity contribution < 1.29 is 29.3 Å². The van der Waals surface area contributed by atoms with E-state index in [0.29, 0.717) is 30.9 Å². The van der Waals surface area contributed by atoms with Crippen LogP contribution in [0, 0.1) is 10.1 Å². The Morgan fingerprint density at radius 3 is 2.59 bits per heavy atom. The number of benzene rings is 1. The number of hydrogen-bond donors (Lipinski definition) is 2. The van der Waals surface area contributed by atoms with Gasteiger partial charge in [0.05, 0.1) is 13.2 Å². The lowest BCUT2D eigenvalue weighted by Gasteiger charge is -2.42. The molecule has 3 unspecified atom stereocenters. The van der Waals surface area contributed by atoms with Crippen LogP contribution in [0.5, 0.6) is 11.5 Å². The number of para-hydroxylation sites is 2. The molecule has 180 valence electrons. The van der Waals surface area contributed by atoms with E-state index in [1.165, 1.54) is 6.92 Å². The zero-order valence-electron chi connectivity index (χ0n) is 19.3. The largest absolute Gasteiger partial charge is 0.493 e. The van der Waals surface area contributed by atoms with Crippen LogP contribution in [0.1, 0.15) is 46.5 Å². The topological polar surface area (TPSA) is 123 Å². The Bertz CT molecular complexity index is 759. The Hall–Kier alpha value is -2.59. The van der Waals surface area contributed by atoms with Gasteiger partial charge in [-0.3, -0.25) is 4.79 Å². The minimum Gasteiger partial charge on any atom is -0.493 e. The first-order chi connectivity index (χ1) is 15.1. The number of carbonyl (C=O) groups excluding carboxylic acids is 1. The van der Waals surface area contributed by atoms with Crippen molar-refractivity contribution in [1.82, 2.24) is 10.2 Å². The van der Waals surface area contributed by atoms with Crippen LogP contribution in [0.2, 0.25) is 0 Å². The van der Waals surface area contributed by atoms with Gasteiger partial charge in [-0.1, -0.05) is 25.0 Å². The van der Waals surface area contributed by atoms with Crippen molar-refractivity contribution in [2.24, 2.45) is 0 Å². The molecular weight excluding hydrogens is 418 g/mol. The van der Waals surface area contributed by atoms with E-state index < -0.39 is 22.8 Å². The Morgan fingerprint density at radius 1 is 1.31 bits per heavy atom. The first kappa shape index (κ1) is 25.7. The van der Waals surface area contributed by atoms with Gasteiger partial charge in [0.25, 0.3) is 5.09 Å². The normalized spacial score (nSPS) is 19.7. The van der Waals surface area contributed by atoms with Crippen LogP contribution >= 0.6 is 0 Å². The molecule has 2 rings (SSSR count). The lowest BCUT2D eigenvalue weighted by molar-refractivity contribution is -0.770. The molecule has 0 heterocycles. The summed E-state index contributed by atoms with van der Waals surface area (Å²) in [5, 5.41) is 23.8. The molecule has 10 nitrogen and oxygen atoms in total. The maximum atomic E-state index is 12.4. The lowest BCUT2D eigenvalue weighted by atomic mass is 9.90. The number of hydrogen-bond acceptors (Lipinski definition) is 8. The highest BCUT2D eigenvalue weighted by Gasteiger charge is 2.36. The zero-order chi connectivity index (χ0) is 23.7. The van der Waals surface area contributed by atoms with Gasteiger partial charge in [0.15, 0.2) is 11.5 Å². The average Bonchev–Trinajstić information content (AvgIpc) is 2.75. The second-order valence-corrected chi connectivity index (χ2v) is 8.75. The van der Waals surface area contributed by atoms with Crippen molar-refractivity contribution in [2.75, 3.05) is 26.8 Å². The van der Waals surface area contributed by atoms with E-state index in [1.807, 2.05) is 26.0 Å². The van der Waals surface area contributed by atoms with Gasteiger partial charge in [-0.15, -0.1) is 10.1 Å². The molecular formula is C22H35N3O7. The monoisotopic (exact) mass is 453 g/mol. The fourth-order valence-corrected chi connectivity index (χ4v) is 3.99. The molecule has 1 aliphatic rings. The summed E-state index contributed by atoms with van der Waals surface area (Å²) < 4.78 is 10.9. The van der Waals surface area contributed by atoms with Gasteiger partial charge >= 0.3 is 0 Å². The zero-order valence-corrected chi connectivity index (χ0v) is 19.3. The smallest absolute Gasteiger partial charge is 0.294 e. The molecule has 1 fully saturated rings. The maximum absolute atomic E-state index is 12.4. The number of rotatable bonds is 12. The molecule has 0 spiro atoms. The summed E-state index contributed by atoms with van der Waals surface area (Å²) in [7, 11) is 1.55. The van der Waals surface area contributed by atoms with Gasteiger partial charge in [-0.2, -0.15) is 0 Å². The summed E-state index contributed by atoms with van der Waals surface area (Å²) >= 11 is 0. The summed E-state index contributed by atoms with van der Waals surface area (Å²) in [5.74, 6) is 0.970. The van der Waals surface area contributed by atoms with E-state index in [1.54, 1.807) is 24.1 Å². The van der Waals surface area contributed by atoms with Crippen LogP contribution in [0.3, 0.4) is 0 Å². The average molecular weight is 454 g/mol. The van der Waals surface area contributed by atoms with E-state index in [2.05, 4.69) is 5.32 Å². The van der Waals surface area contributed by atoms with Crippen molar-refractivity contribution in [3.8, 4) is 11.5 Å². The number of β-amino-alcohol motifs (C(OH)–C–C–N with tert-alkyl or cyclic N) is 1. The standard InChI is InChI=1S/C22H35N3O7/c1-16(26)24(18-9-5-6-10-19(18)32-25(28)29)15-22(2,3)23-13-17(27)14-31-21-12-8-7-11-20(21)30-4/h7-8,11-12,17-19,23,27H,5-6,9-10,13-15H2,1-4H3. The van der Waals surface area contributed by atoms with Gasteiger partial charge in [0, 0.05) is 25.6 Å². The number of nitrogens with zero attached hydrogens (tertiary/aromatic N) is 2. The predicted octanol–water partition coefficient (Wildman–Crippen LogP) is 2.17. The summed E-state index contributed by atoms with van der Waals surface area (Å²) in [6, 6.07) is 6.84. The Balaban J connectivity index is 1.92. The lowest BCUT2D eigenvalue weighted by Crippen LogP contribution is -2.58. The summed E-state index contributed by atoms with van der Waals surface area (Å²) in [5.41, 5.74) is -0.548. The van der Waals surface area contributed by atoms with Gasteiger partial charge in [-0.05, 0) is 38.8 Å². The van der Waals surface area contributed by atoms with E-state index in [4.69, 9.17) is 14.3 Å².